The summed E-state index contributed by atoms with van der Waals surface area (Å²) in [5, 5.41) is 9.87. The maximum absolute atomic E-state index is 11.9. The zero-order chi connectivity index (χ0) is 15.0. The van der Waals surface area contributed by atoms with Crippen LogP contribution in [0.5, 0.6) is 11.5 Å². The second-order valence-electron chi connectivity index (χ2n) is 5.02. The van der Waals surface area contributed by atoms with Crippen molar-refractivity contribution in [1.82, 2.24) is 10.2 Å². The molecule has 1 aliphatic rings. The zero-order valence-corrected chi connectivity index (χ0v) is 12.2. The number of nitrogens with one attached hydrogen (secondary N) is 2. The molecule has 0 saturated carbocycles. The lowest BCUT2D eigenvalue weighted by Crippen LogP contribution is -2.23. The van der Waals surface area contributed by atoms with Crippen LogP contribution < -0.4 is 14.8 Å². The molecule has 1 amide bonds. The van der Waals surface area contributed by atoms with E-state index in [0.717, 1.165) is 22.6 Å². The zero-order valence-electron chi connectivity index (χ0n) is 12.2. The molecule has 21 heavy (non-hydrogen) atoms. The third-order valence-corrected chi connectivity index (χ3v) is 3.81. The standard InChI is InChI=1S/C15H17N3O3/c1-8-14-11(7-13(19)16-15(14)18-17-8)10-5-4-9(20-2)6-12(10)21-3/h4-6,11H,7H2,1-3H3,(H2,16,17,18,19)/t11-/m0/s1. The quantitative estimate of drug-likeness (QED) is 0.907. The van der Waals surface area contributed by atoms with Gasteiger partial charge in [-0.3, -0.25) is 9.89 Å². The number of aromatic nitrogens is 2. The molecule has 2 N–H and O–H groups in total. The third-order valence-electron chi connectivity index (χ3n) is 3.81. The van der Waals surface area contributed by atoms with Crippen LogP contribution in [0.15, 0.2) is 18.2 Å². The van der Waals surface area contributed by atoms with Gasteiger partial charge in [-0.25, -0.2) is 0 Å². The first-order valence-corrected chi connectivity index (χ1v) is 6.70. The predicted molar refractivity (Wildman–Crippen MR) is 78.0 cm³/mol. The Kier molecular flexibility index (Phi) is 3.29. The van der Waals surface area contributed by atoms with Gasteiger partial charge in [-0.2, -0.15) is 5.10 Å². The van der Waals surface area contributed by atoms with Gasteiger partial charge in [0.25, 0.3) is 0 Å². The maximum Gasteiger partial charge on any atom is 0.226 e. The van der Waals surface area contributed by atoms with Gasteiger partial charge in [-0.1, -0.05) is 6.07 Å². The lowest BCUT2D eigenvalue weighted by molar-refractivity contribution is -0.116. The molecule has 6 nitrogen and oxygen atoms in total. The summed E-state index contributed by atoms with van der Waals surface area (Å²) in [6, 6.07) is 5.65. The minimum absolute atomic E-state index is 0.0446. The van der Waals surface area contributed by atoms with Gasteiger partial charge in [-0.15, -0.1) is 0 Å². The topological polar surface area (TPSA) is 76.2 Å². The number of ether oxygens (including phenoxy) is 2. The molecule has 6 heteroatoms. The van der Waals surface area contributed by atoms with E-state index in [2.05, 4.69) is 15.5 Å². The summed E-state index contributed by atoms with van der Waals surface area (Å²) < 4.78 is 10.7. The number of aryl methyl sites for hydroxylation is 1. The first-order valence-electron chi connectivity index (χ1n) is 6.70. The first-order chi connectivity index (χ1) is 10.1. The SMILES string of the molecule is COc1ccc([C@@H]2CC(=O)Nc3n[nH]c(C)c32)c(OC)c1. The van der Waals surface area contributed by atoms with Crippen LogP contribution in [0.4, 0.5) is 5.82 Å². The van der Waals surface area contributed by atoms with E-state index in [1.807, 2.05) is 25.1 Å². The number of amides is 1. The lowest BCUT2D eigenvalue weighted by Gasteiger charge is -2.24. The number of nitrogens with zero attached hydrogens (tertiary/aromatic N) is 1. The van der Waals surface area contributed by atoms with Crippen LogP contribution in [-0.2, 0) is 4.79 Å². The molecule has 1 aliphatic heterocycles. The Morgan fingerprint density at radius 1 is 1.29 bits per heavy atom. The van der Waals surface area contributed by atoms with E-state index in [-0.39, 0.29) is 11.8 Å². The van der Waals surface area contributed by atoms with Crippen molar-refractivity contribution in [3.8, 4) is 11.5 Å². The van der Waals surface area contributed by atoms with Crippen molar-refractivity contribution in [1.29, 1.82) is 0 Å². The van der Waals surface area contributed by atoms with Crippen molar-refractivity contribution in [2.24, 2.45) is 0 Å². The molecule has 0 radical (unpaired) electrons. The maximum atomic E-state index is 11.9. The fourth-order valence-electron chi connectivity index (χ4n) is 2.80. The Labute approximate surface area is 122 Å². The fraction of sp³-hybridized carbons (Fsp3) is 0.333. The Morgan fingerprint density at radius 3 is 2.81 bits per heavy atom. The van der Waals surface area contributed by atoms with Gasteiger partial charge >= 0.3 is 0 Å². The summed E-state index contributed by atoms with van der Waals surface area (Å²) in [5.74, 6) is 1.91. The second-order valence-corrected chi connectivity index (χ2v) is 5.02. The summed E-state index contributed by atoms with van der Waals surface area (Å²) in [6.07, 6.45) is 0.371. The average molecular weight is 287 g/mol. The Balaban J connectivity index is 2.12. The molecule has 0 spiro atoms. The molecule has 1 aromatic heterocycles. The van der Waals surface area contributed by atoms with Crippen molar-refractivity contribution in [3.63, 3.8) is 0 Å². The van der Waals surface area contributed by atoms with Gasteiger partial charge in [0.15, 0.2) is 5.82 Å². The smallest absolute Gasteiger partial charge is 0.226 e. The van der Waals surface area contributed by atoms with Gasteiger partial charge in [0.05, 0.1) is 14.2 Å². The highest BCUT2D eigenvalue weighted by atomic mass is 16.5. The number of carbonyl (C=O) groups excluding carboxylic acids is 1. The minimum Gasteiger partial charge on any atom is -0.497 e. The van der Waals surface area contributed by atoms with E-state index >= 15 is 0 Å². The van der Waals surface area contributed by atoms with Crippen LogP contribution >= 0.6 is 0 Å². The molecule has 3 rings (SSSR count). The van der Waals surface area contributed by atoms with Crippen molar-refractivity contribution in [2.75, 3.05) is 19.5 Å². The molecule has 0 fully saturated rings. The number of fused-ring (bicyclic) bond motifs is 1. The van der Waals surface area contributed by atoms with Crippen molar-refractivity contribution in [3.05, 3.63) is 35.0 Å². The molecular weight excluding hydrogens is 270 g/mol. The molecule has 0 saturated heterocycles. The molecule has 0 aliphatic carbocycles. The fourth-order valence-corrected chi connectivity index (χ4v) is 2.80. The number of hydrogen-bond acceptors (Lipinski definition) is 4. The number of anilines is 1. The van der Waals surface area contributed by atoms with Crippen LogP contribution in [-0.4, -0.2) is 30.3 Å². The number of hydrogen-bond donors (Lipinski definition) is 2. The normalized spacial score (nSPS) is 17.1. The molecule has 1 atom stereocenters. The summed E-state index contributed by atoms with van der Waals surface area (Å²) in [7, 11) is 3.23. The van der Waals surface area contributed by atoms with Gasteiger partial charge in [0.2, 0.25) is 5.91 Å². The highest BCUT2D eigenvalue weighted by Crippen LogP contribution is 2.42. The highest BCUT2D eigenvalue weighted by molar-refractivity contribution is 5.94. The Bertz CT molecular complexity index is 693. The highest BCUT2D eigenvalue weighted by Gasteiger charge is 2.32. The molecule has 1 aromatic carbocycles. The van der Waals surface area contributed by atoms with Gasteiger partial charge in [0, 0.05) is 35.2 Å². The number of benzene rings is 1. The van der Waals surface area contributed by atoms with E-state index < -0.39 is 0 Å². The summed E-state index contributed by atoms with van der Waals surface area (Å²) >= 11 is 0. The average Bonchev–Trinajstić information content (AvgIpc) is 2.87. The third kappa shape index (κ3) is 2.22. The van der Waals surface area contributed by atoms with E-state index in [9.17, 15) is 4.79 Å². The van der Waals surface area contributed by atoms with Crippen LogP contribution in [0.1, 0.15) is 29.2 Å². The molecule has 2 aromatic rings. The van der Waals surface area contributed by atoms with Crippen LogP contribution in [0.2, 0.25) is 0 Å². The van der Waals surface area contributed by atoms with Gasteiger partial charge in [0.1, 0.15) is 11.5 Å². The molecule has 0 bridgehead atoms. The summed E-state index contributed by atoms with van der Waals surface area (Å²) in [4.78, 5) is 11.9. The number of aromatic amines is 1. The lowest BCUT2D eigenvalue weighted by atomic mass is 9.85. The first kappa shape index (κ1) is 13.5. The number of rotatable bonds is 3. The van der Waals surface area contributed by atoms with Crippen LogP contribution in [0.3, 0.4) is 0 Å². The molecular formula is C15H17N3O3. The van der Waals surface area contributed by atoms with Gasteiger partial charge in [-0.05, 0) is 13.0 Å². The monoisotopic (exact) mass is 287 g/mol. The van der Waals surface area contributed by atoms with Crippen molar-refractivity contribution < 1.29 is 14.3 Å². The van der Waals surface area contributed by atoms with E-state index in [4.69, 9.17) is 9.47 Å². The van der Waals surface area contributed by atoms with E-state index in [0.29, 0.717) is 18.0 Å². The number of H-pyrrole nitrogens is 1. The molecule has 0 unspecified atom stereocenters. The minimum atomic E-state index is -0.0756. The van der Waals surface area contributed by atoms with Crippen molar-refractivity contribution in [2.45, 2.75) is 19.3 Å². The van der Waals surface area contributed by atoms with E-state index in [1.54, 1.807) is 14.2 Å². The van der Waals surface area contributed by atoms with Crippen LogP contribution in [0.25, 0.3) is 0 Å². The van der Waals surface area contributed by atoms with Crippen molar-refractivity contribution >= 4 is 11.7 Å². The van der Waals surface area contributed by atoms with Crippen LogP contribution in [0, 0.1) is 6.92 Å². The summed E-state index contributed by atoms with van der Waals surface area (Å²) in [6.45, 7) is 1.95. The molecule has 2 heterocycles. The predicted octanol–water partition coefficient (Wildman–Crippen LogP) is 2.21. The Morgan fingerprint density at radius 2 is 2.10 bits per heavy atom. The second kappa shape index (κ2) is 5.12. The largest absolute Gasteiger partial charge is 0.497 e. The number of methoxy groups -OCH3 is 2. The molecule has 110 valence electrons. The summed E-state index contributed by atoms with van der Waals surface area (Å²) in [5.41, 5.74) is 2.92. The van der Waals surface area contributed by atoms with Gasteiger partial charge < -0.3 is 14.8 Å². The van der Waals surface area contributed by atoms with E-state index in [1.165, 1.54) is 0 Å². The Hall–Kier alpha value is -2.50. The number of carbonyl (C=O) groups is 1.